The molecule has 0 radical (unpaired) electrons. The fourth-order valence-electron chi connectivity index (χ4n) is 3.73. The van der Waals surface area contributed by atoms with E-state index in [-0.39, 0.29) is 41.6 Å². The van der Waals surface area contributed by atoms with E-state index in [9.17, 15) is 18.0 Å². The third-order valence-corrected chi connectivity index (χ3v) is 7.20. The summed E-state index contributed by atoms with van der Waals surface area (Å²) in [4.78, 5) is 30.1. The molecule has 0 atom stereocenters. The van der Waals surface area contributed by atoms with Crippen molar-refractivity contribution in [3.63, 3.8) is 0 Å². The van der Waals surface area contributed by atoms with Gasteiger partial charge < -0.3 is 14.1 Å². The standard InChI is InChI=1S/C22H27ClN2O6S/c1-3-30-22(27)25-10-8-16(9-11-25)12-17(26)13-32(28,29)14-20-15(2)31-21(24-20)18-6-4-5-7-19(18)23/h4-7,16H,3,8-14H2,1-2H3. The Morgan fingerprint density at radius 2 is 1.94 bits per heavy atom. The lowest BCUT2D eigenvalue weighted by Gasteiger charge is -2.30. The first-order valence-electron chi connectivity index (χ1n) is 10.5. The number of rotatable bonds is 8. The van der Waals surface area contributed by atoms with Crippen LogP contribution in [0.15, 0.2) is 28.7 Å². The van der Waals surface area contributed by atoms with Gasteiger partial charge >= 0.3 is 6.09 Å². The highest BCUT2D eigenvalue weighted by Gasteiger charge is 2.28. The van der Waals surface area contributed by atoms with Crippen LogP contribution in [0.4, 0.5) is 4.79 Å². The minimum Gasteiger partial charge on any atom is -0.450 e. The topological polar surface area (TPSA) is 107 Å². The number of sulfone groups is 1. The summed E-state index contributed by atoms with van der Waals surface area (Å²) in [5.74, 6) is -0.560. The van der Waals surface area contributed by atoms with Crippen molar-refractivity contribution in [2.24, 2.45) is 5.92 Å². The quantitative estimate of drug-likeness (QED) is 0.558. The Morgan fingerprint density at radius 1 is 1.25 bits per heavy atom. The number of hydrogen-bond acceptors (Lipinski definition) is 7. The fourth-order valence-corrected chi connectivity index (χ4v) is 5.34. The van der Waals surface area contributed by atoms with Gasteiger partial charge in [0.15, 0.2) is 9.84 Å². The molecule has 1 aromatic carbocycles. The van der Waals surface area contributed by atoms with Crippen LogP contribution in [0.1, 0.15) is 37.6 Å². The number of carbonyl (C=O) groups is 2. The van der Waals surface area contributed by atoms with E-state index in [1.54, 1.807) is 43.0 Å². The molecule has 8 nitrogen and oxygen atoms in total. The number of oxazole rings is 1. The smallest absolute Gasteiger partial charge is 0.409 e. The molecule has 1 saturated heterocycles. The molecule has 1 aromatic heterocycles. The van der Waals surface area contributed by atoms with Crippen molar-refractivity contribution >= 4 is 33.3 Å². The predicted octanol–water partition coefficient (Wildman–Crippen LogP) is 4.05. The van der Waals surface area contributed by atoms with Crippen LogP contribution < -0.4 is 0 Å². The molecule has 1 aliphatic rings. The number of aromatic nitrogens is 1. The van der Waals surface area contributed by atoms with E-state index in [1.165, 1.54) is 0 Å². The van der Waals surface area contributed by atoms with Gasteiger partial charge in [0.1, 0.15) is 17.3 Å². The lowest BCUT2D eigenvalue weighted by Crippen LogP contribution is -2.39. The van der Waals surface area contributed by atoms with Crippen molar-refractivity contribution in [2.75, 3.05) is 25.4 Å². The van der Waals surface area contributed by atoms with E-state index in [4.69, 9.17) is 20.8 Å². The summed E-state index contributed by atoms with van der Waals surface area (Å²) < 4.78 is 35.9. The second kappa shape index (κ2) is 10.5. The molecule has 1 amide bonds. The van der Waals surface area contributed by atoms with Gasteiger partial charge in [-0.15, -0.1) is 0 Å². The van der Waals surface area contributed by atoms with Crippen LogP contribution in [0.3, 0.4) is 0 Å². The second-order valence-electron chi connectivity index (χ2n) is 7.91. The molecule has 174 valence electrons. The van der Waals surface area contributed by atoms with Crippen LogP contribution in [0.5, 0.6) is 0 Å². The average molecular weight is 483 g/mol. The number of ketones is 1. The number of likely N-dealkylation sites (tertiary alicyclic amines) is 1. The molecule has 2 heterocycles. The SMILES string of the molecule is CCOC(=O)N1CCC(CC(=O)CS(=O)(=O)Cc2nc(-c3ccccc3Cl)oc2C)CC1. The van der Waals surface area contributed by atoms with Crippen molar-refractivity contribution in [1.82, 2.24) is 9.88 Å². The first kappa shape index (κ1) is 24.3. The van der Waals surface area contributed by atoms with E-state index in [0.717, 1.165) is 0 Å². The summed E-state index contributed by atoms with van der Waals surface area (Å²) in [7, 11) is -3.71. The van der Waals surface area contributed by atoms with Crippen LogP contribution >= 0.6 is 11.6 Å². The van der Waals surface area contributed by atoms with Crippen molar-refractivity contribution in [3.05, 3.63) is 40.7 Å². The highest BCUT2D eigenvalue weighted by Crippen LogP contribution is 2.29. The van der Waals surface area contributed by atoms with Crippen molar-refractivity contribution < 1.29 is 27.2 Å². The van der Waals surface area contributed by atoms with Gasteiger partial charge in [-0.05, 0) is 44.7 Å². The molecule has 0 unspecified atom stereocenters. The summed E-state index contributed by atoms with van der Waals surface area (Å²) >= 11 is 6.17. The Morgan fingerprint density at radius 3 is 2.59 bits per heavy atom. The molecule has 1 fully saturated rings. The molecule has 0 bridgehead atoms. The van der Waals surface area contributed by atoms with Crippen LogP contribution in [-0.4, -0.2) is 55.6 Å². The number of nitrogens with zero attached hydrogens (tertiary/aromatic N) is 2. The zero-order valence-electron chi connectivity index (χ0n) is 18.2. The summed E-state index contributed by atoms with van der Waals surface area (Å²) in [6.07, 6.45) is 1.13. The number of carbonyl (C=O) groups excluding carboxylic acids is 2. The molecule has 1 aliphatic heterocycles. The van der Waals surface area contributed by atoms with Crippen LogP contribution in [0, 0.1) is 12.8 Å². The molecular formula is C22H27ClN2O6S. The van der Waals surface area contributed by atoms with Crippen molar-refractivity contribution in [3.8, 4) is 11.5 Å². The van der Waals surface area contributed by atoms with Crippen LogP contribution in [0.2, 0.25) is 5.02 Å². The largest absolute Gasteiger partial charge is 0.450 e. The third-order valence-electron chi connectivity index (χ3n) is 5.39. The van der Waals surface area contributed by atoms with Gasteiger partial charge in [-0.3, -0.25) is 4.79 Å². The number of amides is 1. The normalized spacial score (nSPS) is 15.0. The number of Topliss-reactive ketones (excluding diaryl/α,β-unsaturated/α-hetero) is 1. The van der Waals surface area contributed by atoms with Gasteiger partial charge in [0, 0.05) is 19.5 Å². The van der Waals surface area contributed by atoms with E-state index in [2.05, 4.69) is 4.98 Å². The number of benzene rings is 1. The number of piperidine rings is 1. The highest BCUT2D eigenvalue weighted by atomic mass is 35.5. The van der Waals surface area contributed by atoms with Gasteiger partial charge in [-0.25, -0.2) is 18.2 Å². The van der Waals surface area contributed by atoms with Gasteiger partial charge in [0.05, 0.1) is 28.6 Å². The van der Waals surface area contributed by atoms with Crippen molar-refractivity contribution in [1.29, 1.82) is 0 Å². The molecule has 32 heavy (non-hydrogen) atoms. The molecule has 3 rings (SSSR count). The van der Waals surface area contributed by atoms with Gasteiger partial charge in [0.25, 0.3) is 0 Å². The lowest BCUT2D eigenvalue weighted by molar-refractivity contribution is -0.117. The zero-order chi connectivity index (χ0) is 23.3. The maximum atomic E-state index is 12.6. The number of hydrogen-bond donors (Lipinski definition) is 0. The summed E-state index contributed by atoms with van der Waals surface area (Å²) in [6, 6.07) is 7.00. The lowest BCUT2D eigenvalue weighted by atomic mass is 9.92. The molecule has 0 spiro atoms. The van der Waals surface area contributed by atoms with Crippen LogP contribution in [0.25, 0.3) is 11.5 Å². The second-order valence-corrected chi connectivity index (χ2v) is 10.4. The van der Waals surface area contributed by atoms with Crippen molar-refractivity contribution in [2.45, 2.75) is 38.9 Å². The third kappa shape index (κ3) is 6.32. The number of ether oxygens (including phenoxy) is 1. The van der Waals surface area contributed by atoms with E-state index in [0.29, 0.717) is 48.9 Å². The minimum absolute atomic E-state index is 0.0592. The summed E-state index contributed by atoms with van der Waals surface area (Å²) in [5, 5.41) is 0.451. The Labute approximate surface area is 192 Å². The maximum Gasteiger partial charge on any atom is 0.409 e. The highest BCUT2D eigenvalue weighted by molar-refractivity contribution is 7.91. The Hall–Kier alpha value is -2.39. The molecule has 0 saturated carbocycles. The molecular weight excluding hydrogens is 456 g/mol. The van der Waals surface area contributed by atoms with Gasteiger partial charge in [0.2, 0.25) is 5.89 Å². The minimum atomic E-state index is -3.71. The fraction of sp³-hybridized carbons (Fsp3) is 0.500. The molecule has 0 N–H and O–H groups in total. The molecule has 0 aliphatic carbocycles. The Kier molecular flexibility index (Phi) is 7.95. The first-order chi connectivity index (χ1) is 15.2. The van der Waals surface area contributed by atoms with E-state index < -0.39 is 15.6 Å². The van der Waals surface area contributed by atoms with E-state index >= 15 is 0 Å². The van der Waals surface area contributed by atoms with Crippen LogP contribution in [-0.2, 0) is 25.1 Å². The number of aryl methyl sites for hydroxylation is 1. The maximum absolute atomic E-state index is 12.6. The van der Waals surface area contributed by atoms with E-state index in [1.807, 2.05) is 0 Å². The van der Waals surface area contributed by atoms with Gasteiger partial charge in [-0.1, -0.05) is 23.7 Å². The summed E-state index contributed by atoms with van der Waals surface area (Å²) in [5.41, 5.74) is 0.849. The zero-order valence-corrected chi connectivity index (χ0v) is 19.7. The average Bonchev–Trinajstić information content (AvgIpc) is 3.07. The Bertz CT molecular complexity index is 1070. The first-order valence-corrected chi connectivity index (χ1v) is 12.7. The monoisotopic (exact) mass is 482 g/mol. The Balaban J connectivity index is 1.55. The number of halogens is 1. The predicted molar refractivity (Wildman–Crippen MR) is 120 cm³/mol. The molecule has 2 aromatic rings. The molecule has 10 heteroatoms. The summed E-state index contributed by atoms with van der Waals surface area (Å²) in [6.45, 7) is 4.72. The van der Waals surface area contributed by atoms with Gasteiger partial charge in [-0.2, -0.15) is 0 Å².